The van der Waals surface area contributed by atoms with E-state index in [1.807, 2.05) is 5.32 Å². The van der Waals surface area contributed by atoms with E-state index < -0.39 is 11.9 Å². The summed E-state index contributed by atoms with van der Waals surface area (Å²) < 4.78 is 5.23. The summed E-state index contributed by atoms with van der Waals surface area (Å²) in [7, 11) is 0. The van der Waals surface area contributed by atoms with Crippen molar-refractivity contribution in [1.82, 2.24) is 15.6 Å². The molecule has 1 aromatic rings. The van der Waals surface area contributed by atoms with Gasteiger partial charge >= 0.3 is 6.03 Å². The third-order valence-electron chi connectivity index (χ3n) is 1.85. The SMILES string of the molecule is Cc1nc(CNC(=O)NC(=O)CCl)oc1C. The molecule has 0 aliphatic carbocycles. The number of hydrogen-bond acceptors (Lipinski definition) is 4. The number of imide groups is 1. The fourth-order valence-corrected chi connectivity index (χ4v) is 1.04. The number of carbonyl (C=O) groups excluding carboxylic acids is 2. The van der Waals surface area contributed by atoms with Crippen LogP contribution in [0.4, 0.5) is 4.79 Å². The minimum atomic E-state index is -0.626. The maximum atomic E-state index is 11.1. The van der Waals surface area contributed by atoms with Crippen LogP contribution < -0.4 is 10.6 Å². The third-order valence-corrected chi connectivity index (χ3v) is 2.09. The monoisotopic (exact) mass is 245 g/mol. The lowest BCUT2D eigenvalue weighted by Crippen LogP contribution is -2.39. The number of urea groups is 1. The Morgan fingerprint density at radius 2 is 2.12 bits per heavy atom. The first kappa shape index (κ1) is 12.5. The quantitative estimate of drug-likeness (QED) is 0.774. The summed E-state index contributed by atoms with van der Waals surface area (Å²) in [4.78, 5) is 25.9. The van der Waals surface area contributed by atoms with Crippen molar-refractivity contribution in [2.75, 3.05) is 5.88 Å². The lowest BCUT2D eigenvalue weighted by molar-refractivity contribution is -0.117. The first-order valence-electron chi connectivity index (χ1n) is 4.59. The minimum Gasteiger partial charge on any atom is -0.444 e. The van der Waals surface area contributed by atoms with Crippen molar-refractivity contribution in [3.8, 4) is 0 Å². The number of aryl methyl sites for hydroxylation is 2. The molecule has 0 atom stereocenters. The molecule has 88 valence electrons. The van der Waals surface area contributed by atoms with E-state index in [4.69, 9.17) is 16.0 Å². The van der Waals surface area contributed by atoms with Gasteiger partial charge in [-0.25, -0.2) is 9.78 Å². The molecule has 0 bridgehead atoms. The van der Waals surface area contributed by atoms with Gasteiger partial charge in [0.1, 0.15) is 11.6 Å². The molecule has 7 heteroatoms. The highest BCUT2D eigenvalue weighted by atomic mass is 35.5. The Bertz CT molecular complexity index is 383. The van der Waals surface area contributed by atoms with Gasteiger partial charge < -0.3 is 9.73 Å². The fourth-order valence-electron chi connectivity index (χ4n) is 0.975. The Morgan fingerprint density at radius 1 is 1.44 bits per heavy atom. The number of rotatable bonds is 3. The lowest BCUT2D eigenvalue weighted by Gasteiger charge is -2.02. The molecule has 6 nitrogen and oxygen atoms in total. The van der Waals surface area contributed by atoms with Gasteiger partial charge in [0.15, 0.2) is 0 Å². The second-order valence-corrected chi connectivity index (χ2v) is 3.38. The number of nitrogens with zero attached hydrogens (tertiary/aromatic N) is 1. The number of carbonyl (C=O) groups is 2. The largest absolute Gasteiger partial charge is 0.444 e. The van der Waals surface area contributed by atoms with Crippen LogP contribution in [-0.2, 0) is 11.3 Å². The van der Waals surface area contributed by atoms with E-state index in [1.54, 1.807) is 13.8 Å². The molecule has 0 unspecified atom stereocenters. The Balaban J connectivity index is 2.40. The van der Waals surface area contributed by atoms with Crippen molar-refractivity contribution < 1.29 is 14.0 Å². The summed E-state index contributed by atoms with van der Waals surface area (Å²) in [6.07, 6.45) is 0. The predicted octanol–water partition coefficient (Wildman–Crippen LogP) is 0.856. The number of nitrogens with one attached hydrogen (secondary N) is 2. The van der Waals surface area contributed by atoms with E-state index in [0.29, 0.717) is 11.7 Å². The zero-order chi connectivity index (χ0) is 12.1. The molecule has 1 heterocycles. The van der Waals surface area contributed by atoms with Crippen molar-refractivity contribution in [2.24, 2.45) is 0 Å². The van der Waals surface area contributed by atoms with Gasteiger partial charge in [-0.2, -0.15) is 0 Å². The first-order chi connectivity index (χ1) is 7.52. The summed E-state index contributed by atoms with van der Waals surface area (Å²) >= 11 is 5.21. The number of amides is 3. The maximum absolute atomic E-state index is 11.1. The van der Waals surface area contributed by atoms with Gasteiger partial charge in [-0.3, -0.25) is 10.1 Å². The Labute approximate surface area is 97.4 Å². The highest BCUT2D eigenvalue weighted by Gasteiger charge is 2.09. The number of alkyl halides is 1. The summed E-state index contributed by atoms with van der Waals surface area (Å²) in [6.45, 7) is 3.71. The molecule has 0 fully saturated rings. The molecule has 3 amide bonds. The van der Waals surface area contributed by atoms with Crippen LogP contribution in [0.5, 0.6) is 0 Å². The van der Waals surface area contributed by atoms with Gasteiger partial charge in [0.05, 0.1) is 12.2 Å². The molecule has 0 aliphatic rings. The van der Waals surface area contributed by atoms with E-state index >= 15 is 0 Å². The number of hydrogen-bond donors (Lipinski definition) is 2. The second-order valence-electron chi connectivity index (χ2n) is 3.11. The van der Waals surface area contributed by atoms with E-state index in [9.17, 15) is 9.59 Å². The van der Waals surface area contributed by atoms with Crippen LogP contribution in [-0.4, -0.2) is 22.8 Å². The topological polar surface area (TPSA) is 84.2 Å². The number of halogens is 1. The van der Waals surface area contributed by atoms with Crippen molar-refractivity contribution in [3.63, 3.8) is 0 Å². The fraction of sp³-hybridized carbons (Fsp3) is 0.444. The third kappa shape index (κ3) is 3.54. The highest BCUT2D eigenvalue weighted by Crippen LogP contribution is 2.07. The molecular weight excluding hydrogens is 234 g/mol. The molecule has 1 rings (SSSR count). The van der Waals surface area contributed by atoms with Crippen molar-refractivity contribution in [3.05, 3.63) is 17.3 Å². The number of oxazole rings is 1. The van der Waals surface area contributed by atoms with Crippen LogP contribution in [0.2, 0.25) is 0 Å². The van der Waals surface area contributed by atoms with Crippen LogP contribution >= 0.6 is 11.6 Å². The molecule has 0 aliphatic heterocycles. The van der Waals surface area contributed by atoms with E-state index in [-0.39, 0.29) is 12.4 Å². The van der Waals surface area contributed by atoms with Crippen LogP contribution in [0.1, 0.15) is 17.3 Å². The number of aromatic nitrogens is 1. The van der Waals surface area contributed by atoms with Crippen LogP contribution in [0.3, 0.4) is 0 Å². The maximum Gasteiger partial charge on any atom is 0.321 e. The molecule has 0 saturated heterocycles. The lowest BCUT2D eigenvalue weighted by atomic mass is 10.4. The zero-order valence-electron chi connectivity index (χ0n) is 8.96. The first-order valence-corrected chi connectivity index (χ1v) is 5.13. The Kier molecular flexibility index (Phi) is 4.30. The normalized spacial score (nSPS) is 9.94. The molecule has 0 saturated carbocycles. The smallest absolute Gasteiger partial charge is 0.321 e. The van der Waals surface area contributed by atoms with Crippen LogP contribution in [0.25, 0.3) is 0 Å². The predicted molar refractivity (Wildman–Crippen MR) is 57.1 cm³/mol. The van der Waals surface area contributed by atoms with E-state index in [0.717, 1.165) is 5.69 Å². The summed E-state index contributed by atoms with van der Waals surface area (Å²) in [5.74, 6) is 0.279. The van der Waals surface area contributed by atoms with E-state index in [2.05, 4.69) is 10.3 Å². The van der Waals surface area contributed by atoms with Gasteiger partial charge in [-0.15, -0.1) is 11.6 Å². The molecule has 0 spiro atoms. The van der Waals surface area contributed by atoms with Crippen molar-refractivity contribution in [1.29, 1.82) is 0 Å². The van der Waals surface area contributed by atoms with Crippen LogP contribution in [0.15, 0.2) is 4.42 Å². The standard InChI is InChI=1S/C9H12ClN3O3/c1-5-6(2)16-8(12-5)4-11-9(15)13-7(14)3-10/h3-4H2,1-2H3,(H2,11,13,14,15). The minimum absolute atomic E-state index is 0.121. The molecule has 0 aromatic carbocycles. The summed E-state index contributed by atoms with van der Waals surface area (Å²) in [6, 6.07) is -0.626. The van der Waals surface area contributed by atoms with Gasteiger partial charge in [-0.05, 0) is 13.8 Å². The summed E-state index contributed by atoms with van der Waals surface area (Å²) in [5, 5.41) is 4.45. The molecular formula is C9H12ClN3O3. The zero-order valence-corrected chi connectivity index (χ0v) is 9.72. The highest BCUT2D eigenvalue weighted by molar-refractivity contribution is 6.28. The molecule has 16 heavy (non-hydrogen) atoms. The van der Waals surface area contributed by atoms with Crippen molar-refractivity contribution in [2.45, 2.75) is 20.4 Å². The Morgan fingerprint density at radius 3 is 2.62 bits per heavy atom. The molecule has 0 radical (unpaired) electrons. The van der Waals surface area contributed by atoms with Gasteiger partial charge in [0, 0.05) is 0 Å². The van der Waals surface area contributed by atoms with Gasteiger partial charge in [-0.1, -0.05) is 0 Å². The Hall–Kier alpha value is -1.56. The average molecular weight is 246 g/mol. The van der Waals surface area contributed by atoms with E-state index in [1.165, 1.54) is 0 Å². The summed E-state index contributed by atoms with van der Waals surface area (Å²) in [5.41, 5.74) is 0.772. The van der Waals surface area contributed by atoms with Crippen molar-refractivity contribution >= 4 is 23.5 Å². The average Bonchev–Trinajstić information content (AvgIpc) is 2.55. The van der Waals surface area contributed by atoms with Gasteiger partial charge in [0.2, 0.25) is 11.8 Å². The second kappa shape index (κ2) is 5.50. The molecule has 1 aromatic heterocycles. The molecule has 2 N–H and O–H groups in total. The van der Waals surface area contributed by atoms with Gasteiger partial charge in [0.25, 0.3) is 0 Å². The van der Waals surface area contributed by atoms with Crippen LogP contribution in [0, 0.1) is 13.8 Å².